The third kappa shape index (κ3) is 3.30. The molecule has 1 heterocycles. The molecule has 0 aliphatic rings. The molecule has 0 aliphatic heterocycles. The van der Waals surface area contributed by atoms with Gasteiger partial charge in [-0.1, -0.05) is 12.1 Å². The summed E-state index contributed by atoms with van der Waals surface area (Å²) in [4.78, 5) is 16.5. The molecule has 5 heteroatoms. The summed E-state index contributed by atoms with van der Waals surface area (Å²) in [6.07, 6.45) is 1.87. The monoisotopic (exact) mass is 288 g/mol. The molecule has 2 rings (SSSR count). The smallest absolute Gasteiger partial charge is 0.338 e. The molecule has 0 spiro atoms. The zero-order chi connectivity index (χ0) is 14.5. The molecule has 0 amide bonds. The summed E-state index contributed by atoms with van der Waals surface area (Å²) < 4.78 is 0. The summed E-state index contributed by atoms with van der Waals surface area (Å²) in [7, 11) is 0. The summed E-state index contributed by atoms with van der Waals surface area (Å²) in [5, 5.41) is 12.5. The molecule has 0 bridgehead atoms. The first-order valence-corrected chi connectivity index (χ1v) is 7.41. The number of carboxylic acids is 1. The molecule has 0 atom stereocenters. The quantitative estimate of drug-likeness (QED) is 0.825. The van der Waals surface area contributed by atoms with Crippen molar-refractivity contribution in [3.8, 4) is 0 Å². The van der Waals surface area contributed by atoms with Gasteiger partial charge in [-0.3, -0.25) is 4.98 Å². The van der Waals surface area contributed by atoms with E-state index in [1.165, 1.54) is 11.8 Å². The lowest BCUT2D eigenvalue weighted by Gasteiger charge is -2.12. The second kappa shape index (κ2) is 6.43. The van der Waals surface area contributed by atoms with Gasteiger partial charge in [0.25, 0.3) is 0 Å². The molecule has 20 heavy (non-hydrogen) atoms. The van der Waals surface area contributed by atoms with Gasteiger partial charge in [0.05, 0.1) is 23.5 Å². The van der Waals surface area contributed by atoms with Crippen molar-refractivity contribution in [3.05, 3.63) is 53.3 Å². The fourth-order valence-corrected chi connectivity index (χ4v) is 2.57. The van der Waals surface area contributed by atoms with Crippen LogP contribution in [0.15, 0.2) is 41.3 Å². The summed E-state index contributed by atoms with van der Waals surface area (Å²) >= 11 is 1.43. The maximum absolute atomic E-state index is 11.4. The molecule has 2 aromatic rings. The van der Waals surface area contributed by atoms with Gasteiger partial charge in [0.1, 0.15) is 0 Å². The number of nitrogens with one attached hydrogen (secondary N) is 1. The molecular formula is C15H16N2O2S. The molecule has 0 radical (unpaired) electrons. The first-order valence-electron chi connectivity index (χ1n) is 6.18. The minimum Gasteiger partial charge on any atom is -0.478 e. The third-order valence-electron chi connectivity index (χ3n) is 2.87. The van der Waals surface area contributed by atoms with Crippen LogP contribution >= 0.6 is 11.8 Å². The number of carboxylic acid groups (broad SMARTS) is 1. The number of aromatic carboxylic acids is 1. The number of anilines is 1. The zero-order valence-electron chi connectivity index (χ0n) is 11.4. The number of nitrogens with zero attached hydrogens (tertiary/aromatic N) is 1. The molecule has 0 unspecified atom stereocenters. The van der Waals surface area contributed by atoms with E-state index >= 15 is 0 Å². The Labute approximate surface area is 122 Å². The van der Waals surface area contributed by atoms with Crippen LogP contribution in [0, 0.1) is 6.92 Å². The number of pyridine rings is 1. The Morgan fingerprint density at radius 2 is 2.05 bits per heavy atom. The van der Waals surface area contributed by atoms with E-state index < -0.39 is 5.97 Å². The van der Waals surface area contributed by atoms with E-state index in [2.05, 4.69) is 10.3 Å². The molecule has 1 aromatic carbocycles. The van der Waals surface area contributed by atoms with E-state index in [0.29, 0.717) is 17.8 Å². The maximum Gasteiger partial charge on any atom is 0.338 e. The number of carbonyl (C=O) groups is 1. The Hall–Kier alpha value is -2.01. The average molecular weight is 288 g/mol. The van der Waals surface area contributed by atoms with E-state index in [9.17, 15) is 9.90 Å². The predicted molar refractivity (Wildman–Crippen MR) is 81.5 cm³/mol. The third-order valence-corrected chi connectivity index (χ3v) is 3.65. The Morgan fingerprint density at radius 3 is 2.70 bits per heavy atom. The Morgan fingerprint density at radius 1 is 1.30 bits per heavy atom. The molecule has 4 nitrogen and oxygen atoms in total. The van der Waals surface area contributed by atoms with Gasteiger partial charge in [-0.25, -0.2) is 4.79 Å². The van der Waals surface area contributed by atoms with Crippen LogP contribution in [0.3, 0.4) is 0 Å². The number of aryl methyl sites for hydroxylation is 1. The standard InChI is InChI=1S/C15H16N2O2S/c1-10-5-3-6-11(17-10)9-16-12-7-4-8-13(20-2)14(12)15(18)19/h3-8,16H,9H2,1-2H3,(H,18,19). The summed E-state index contributed by atoms with van der Waals surface area (Å²) in [5.41, 5.74) is 2.76. The van der Waals surface area contributed by atoms with Crippen molar-refractivity contribution in [2.75, 3.05) is 11.6 Å². The van der Waals surface area contributed by atoms with Gasteiger partial charge in [-0.05, 0) is 37.4 Å². The molecule has 104 valence electrons. The number of thioether (sulfide) groups is 1. The van der Waals surface area contributed by atoms with Gasteiger partial charge >= 0.3 is 5.97 Å². The van der Waals surface area contributed by atoms with Crippen LogP contribution in [0.2, 0.25) is 0 Å². The van der Waals surface area contributed by atoms with E-state index in [-0.39, 0.29) is 0 Å². The van der Waals surface area contributed by atoms with Crippen molar-refractivity contribution in [1.82, 2.24) is 4.98 Å². The second-order valence-electron chi connectivity index (χ2n) is 4.31. The number of hydrogen-bond acceptors (Lipinski definition) is 4. The molecule has 0 aliphatic carbocycles. The molecule has 2 N–H and O–H groups in total. The highest BCUT2D eigenvalue weighted by Gasteiger charge is 2.14. The lowest BCUT2D eigenvalue weighted by molar-refractivity contribution is 0.0694. The molecule has 0 saturated carbocycles. The van der Waals surface area contributed by atoms with Crippen LogP contribution < -0.4 is 5.32 Å². The van der Waals surface area contributed by atoms with Gasteiger partial charge in [0, 0.05) is 10.6 Å². The fourth-order valence-electron chi connectivity index (χ4n) is 1.95. The van der Waals surface area contributed by atoms with Crippen molar-refractivity contribution < 1.29 is 9.90 Å². The SMILES string of the molecule is CSc1cccc(NCc2cccc(C)n2)c1C(=O)O. The van der Waals surface area contributed by atoms with E-state index in [0.717, 1.165) is 16.3 Å². The molecule has 0 fully saturated rings. The highest BCUT2D eigenvalue weighted by atomic mass is 32.2. The predicted octanol–water partition coefficient (Wildman–Crippen LogP) is 3.42. The number of benzene rings is 1. The number of hydrogen-bond donors (Lipinski definition) is 2. The van der Waals surface area contributed by atoms with Gasteiger partial charge in [-0.15, -0.1) is 11.8 Å². The van der Waals surface area contributed by atoms with Crippen molar-refractivity contribution in [2.45, 2.75) is 18.4 Å². The maximum atomic E-state index is 11.4. The Bertz CT molecular complexity index is 629. The zero-order valence-corrected chi connectivity index (χ0v) is 12.2. The van der Waals surface area contributed by atoms with Crippen LogP contribution in [-0.2, 0) is 6.54 Å². The number of rotatable bonds is 5. The van der Waals surface area contributed by atoms with Gasteiger partial charge < -0.3 is 10.4 Å². The highest BCUT2D eigenvalue weighted by molar-refractivity contribution is 7.98. The number of aromatic nitrogens is 1. The van der Waals surface area contributed by atoms with Gasteiger partial charge in [-0.2, -0.15) is 0 Å². The van der Waals surface area contributed by atoms with Crippen LogP contribution in [0.5, 0.6) is 0 Å². The first kappa shape index (κ1) is 14.4. The molecular weight excluding hydrogens is 272 g/mol. The normalized spacial score (nSPS) is 10.3. The van der Waals surface area contributed by atoms with Gasteiger partial charge in [0.15, 0.2) is 0 Å². The van der Waals surface area contributed by atoms with E-state index in [1.807, 2.05) is 43.5 Å². The minimum absolute atomic E-state index is 0.313. The Balaban J connectivity index is 2.23. The molecule has 0 saturated heterocycles. The largest absolute Gasteiger partial charge is 0.478 e. The summed E-state index contributed by atoms with van der Waals surface area (Å²) in [6.45, 7) is 2.43. The average Bonchev–Trinajstić information content (AvgIpc) is 2.44. The van der Waals surface area contributed by atoms with Gasteiger partial charge in [0.2, 0.25) is 0 Å². The van der Waals surface area contributed by atoms with Crippen LogP contribution in [0.4, 0.5) is 5.69 Å². The first-order chi connectivity index (χ1) is 9.61. The van der Waals surface area contributed by atoms with Crippen molar-refractivity contribution in [3.63, 3.8) is 0 Å². The van der Waals surface area contributed by atoms with E-state index in [1.54, 1.807) is 6.07 Å². The second-order valence-corrected chi connectivity index (χ2v) is 5.16. The van der Waals surface area contributed by atoms with Crippen molar-refractivity contribution >= 4 is 23.4 Å². The van der Waals surface area contributed by atoms with Crippen molar-refractivity contribution in [1.29, 1.82) is 0 Å². The van der Waals surface area contributed by atoms with Crippen molar-refractivity contribution in [2.24, 2.45) is 0 Å². The van der Waals surface area contributed by atoms with E-state index in [4.69, 9.17) is 0 Å². The lowest BCUT2D eigenvalue weighted by Crippen LogP contribution is -2.08. The summed E-state index contributed by atoms with van der Waals surface area (Å²) in [6, 6.07) is 11.2. The Kier molecular flexibility index (Phi) is 4.63. The lowest BCUT2D eigenvalue weighted by atomic mass is 10.1. The van der Waals surface area contributed by atoms with Crippen LogP contribution in [0.1, 0.15) is 21.7 Å². The minimum atomic E-state index is -0.922. The topological polar surface area (TPSA) is 62.2 Å². The van der Waals surface area contributed by atoms with Crippen LogP contribution in [0.25, 0.3) is 0 Å². The fraction of sp³-hybridized carbons (Fsp3) is 0.200. The van der Waals surface area contributed by atoms with Crippen LogP contribution in [-0.4, -0.2) is 22.3 Å². The summed E-state index contributed by atoms with van der Waals surface area (Å²) in [5.74, 6) is -0.922. The highest BCUT2D eigenvalue weighted by Crippen LogP contribution is 2.27. The molecule has 1 aromatic heterocycles.